The molecule has 0 saturated carbocycles. The average molecular weight is 403 g/mol. The molecule has 0 N–H and O–H groups in total. The quantitative estimate of drug-likeness (QED) is 0.310. The molecule has 3 rings (SSSR count). The summed E-state index contributed by atoms with van der Waals surface area (Å²) in [5.74, 6) is 6.62. The summed E-state index contributed by atoms with van der Waals surface area (Å²) in [5.41, 5.74) is 4.41. The summed E-state index contributed by atoms with van der Waals surface area (Å²) < 4.78 is 17.8. The Kier molecular flexibility index (Phi) is 7.31. The highest BCUT2D eigenvalue weighted by Crippen LogP contribution is 2.29. The van der Waals surface area contributed by atoms with Crippen molar-refractivity contribution in [1.82, 2.24) is 4.57 Å². The Bertz CT molecular complexity index is 1050. The normalized spacial score (nSPS) is 10.2. The zero-order valence-corrected chi connectivity index (χ0v) is 17.5. The second-order valence-corrected chi connectivity index (χ2v) is 6.50. The fraction of sp³-hybridized carbons (Fsp3) is 0.240. The summed E-state index contributed by atoms with van der Waals surface area (Å²) in [7, 11) is 1.65. The van der Waals surface area contributed by atoms with Crippen molar-refractivity contribution >= 4 is 5.97 Å². The molecule has 1 heterocycles. The van der Waals surface area contributed by atoms with Crippen LogP contribution in [0.15, 0.2) is 60.9 Å². The van der Waals surface area contributed by atoms with Crippen molar-refractivity contribution in [3.8, 4) is 34.4 Å². The maximum Gasteiger partial charge on any atom is 0.338 e. The van der Waals surface area contributed by atoms with Gasteiger partial charge in [-0.1, -0.05) is 18.1 Å². The first kappa shape index (κ1) is 21.2. The van der Waals surface area contributed by atoms with Crippen LogP contribution < -0.4 is 4.74 Å². The molecular weight excluding hydrogens is 378 g/mol. The first-order valence-corrected chi connectivity index (χ1v) is 9.80. The lowest BCUT2D eigenvalue weighted by molar-refractivity contribution is 0.0526. The molecule has 3 aromatic rings. The van der Waals surface area contributed by atoms with Gasteiger partial charge in [0.15, 0.2) is 0 Å². The van der Waals surface area contributed by atoms with Gasteiger partial charge in [-0.05, 0) is 55.8 Å². The van der Waals surface area contributed by atoms with Gasteiger partial charge in [0, 0.05) is 30.8 Å². The van der Waals surface area contributed by atoms with Crippen LogP contribution in [0.4, 0.5) is 0 Å². The minimum absolute atomic E-state index is 0.319. The van der Waals surface area contributed by atoms with E-state index in [1.807, 2.05) is 60.3 Å². The lowest BCUT2D eigenvalue weighted by Gasteiger charge is -2.07. The summed E-state index contributed by atoms with van der Waals surface area (Å²) >= 11 is 0. The predicted molar refractivity (Wildman–Crippen MR) is 117 cm³/mol. The van der Waals surface area contributed by atoms with Crippen LogP contribution in [0.5, 0.6) is 5.75 Å². The molecule has 0 atom stereocenters. The van der Waals surface area contributed by atoms with Gasteiger partial charge in [-0.25, -0.2) is 4.79 Å². The Morgan fingerprint density at radius 1 is 1.07 bits per heavy atom. The maximum atomic E-state index is 11.9. The third-order valence-electron chi connectivity index (χ3n) is 4.46. The van der Waals surface area contributed by atoms with Crippen LogP contribution in [0, 0.1) is 11.8 Å². The van der Waals surface area contributed by atoms with Crippen LogP contribution in [0.3, 0.4) is 0 Å². The predicted octanol–water partition coefficient (Wildman–Crippen LogP) is 4.72. The minimum Gasteiger partial charge on any atom is -0.491 e. The van der Waals surface area contributed by atoms with E-state index in [0.717, 1.165) is 28.1 Å². The second-order valence-electron chi connectivity index (χ2n) is 6.50. The van der Waals surface area contributed by atoms with Gasteiger partial charge >= 0.3 is 5.97 Å². The van der Waals surface area contributed by atoms with Crippen molar-refractivity contribution in [3.63, 3.8) is 0 Å². The van der Waals surface area contributed by atoms with Crippen molar-refractivity contribution in [3.05, 3.63) is 72.1 Å². The number of ether oxygens (including phenoxy) is 3. The molecule has 2 aromatic carbocycles. The molecule has 0 aliphatic heterocycles. The van der Waals surface area contributed by atoms with E-state index in [9.17, 15) is 4.79 Å². The topological polar surface area (TPSA) is 49.7 Å². The number of hydrogen-bond acceptors (Lipinski definition) is 4. The summed E-state index contributed by atoms with van der Waals surface area (Å²) in [5, 5.41) is 0. The summed E-state index contributed by atoms with van der Waals surface area (Å²) in [6.07, 6.45) is 4.02. The zero-order chi connectivity index (χ0) is 21.3. The zero-order valence-electron chi connectivity index (χ0n) is 17.5. The Balaban J connectivity index is 1.91. The standard InChI is InChI=1S/C25H25NO4/c1-4-7-21-17-26(22-12-10-19(11-13-22)25(27)29-5-2)18-24(21)20-8-6-9-23(16-20)30-15-14-28-3/h6,8-13,16-18H,5,14-15H2,1-3H3. The fourth-order valence-electron chi connectivity index (χ4n) is 3.05. The maximum absolute atomic E-state index is 11.9. The Hall–Kier alpha value is -3.49. The molecule has 5 nitrogen and oxygen atoms in total. The lowest BCUT2D eigenvalue weighted by atomic mass is 10.0. The largest absolute Gasteiger partial charge is 0.491 e. The highest BCUT2D eigenvalue weighted by Gasteiger charge is 2.11. The number of rotatable bonds is 8. The molecule has 1 aromatic heterocycles. The van der Waals surface area contributed by atoms with E-state index in [2.05, 4.69) is 11.8 Å². The third kappa shape index (κ3) is 5.11. The monoisotopic (exact) mass is 403 g/mol. The molecule has 0 radical (unpaired) electrons. The van der Waals surface area contributed by atoms with E-state index in [-0.39, 0.29) is 5.97 Å². The molecule has 5 heteroatoms. The smallest absolute Gasteiger partial charge is 0.338 e. The average Bonchev–Trinajstić information content (AvgIpc) is 3.19. The van der Waals surface area contributed by atoms with Crippen molar-refractivity contribution in [2.45, 2.75) is 13.8 Å². The fourth-order valence-corrected chi connectivity index (χ4v) is 3.05. The van der Waals surface area contributed by atoms with E-state index in [1.54, 1.807) is 26.2 Å². The molecule has 0 fully saturated rings. The molecule has 30 heavy (non-hydrogen) atoms. The number of hydrogen-bond donors (Lipinski definition) is 0. The Morgan fingerprint density at radius 3 is 2.57 bits per heavy atom. The van der Waals surface area contributed by atoms with Gasteiger partial charge in [0.25, 0.3) is 0 Å². The van der Waals surface area contributed by atoms with Crippen LogP contribution in [-0.2, 0) is 9.47 Å². The first-order chi connectivity index (χ1) is 14.7. The van der Waals surface area contributed by atoms with Crippen molar-refractivity contribution in [2.75, 3.05) is 26.9 Å². The Morgan fingerprint density at radius 2 is 1.87 bits per heavy atom. The minimum atomic E-state index is -0.319. The van der Waals surface area contributed by atoms with Crippen LogP contribution in [-0.4, -0.2) is 37.5 Å². The van der Waals surface area contributed by atoms with E-state index in [0.29, 0.717) is 25.4 Å². The molecule has 0 amide bonds. The number of esters is 1. The molecule has 0 saturated heterocycles. The van der Waals surface area contributed by atoms with Crippen molar-refractivity contribution in [1.29, 1.82) is 0 Å². The number of nitrogens with zero attached hydrogens (tertiary/aromatic N) is 1. The van der Waals surface area contributed by atoms with E-state index < -0.39 is 0 Å². The molecule has 0 aliphatic carbocycles. The van der Waals surface area contributed by atoms with Crippen LogP contribution >= 0.6 is 0 Å². The summed E-state index contributed by atoms with van der Waals surface area (Å²) in [6.45, 7) is 5.00. The molecule has 0 spiro atoms. The van der Waals surface area contributed by atoms with Gasteiger partial charge < -0.3 is 18.8 Å². The van der Waals surface area contributed by atoms with Crippen molar-refractivity contribution < 1.29 is 19.0 Å². The Labute approximate surface area is 177 Å². The lowest BCUT2D eigenvalue weighted by Crippen LogP contribution is -2.04. The molecule has 0 bridgehead atoms. The van der Waals surface area contributed by atoms with Gasteiger partial charge in [-0.15, -0.1) is 5.92 Å². The number of aromatic nitrogens is 1. The van der Waals surface area contributed by atoms with Gasteiger partial charge in [0.1, 0.15) is 12.4 Å². The molecule has 0 aliphatic rings. The van der Waals surface area contributed by atoms with Gasteiger partial charge in [-0.2, -0.15) is 0 Å². The SMILES string of the molecule is CC#Cc1cn(-c2ccc(C(=O)OCC)cc2)cc1-c1cccc(OCCOC)c1. The molecule has 0 unspecified atom stereocenters. The van der Waals surface area contributed by atoms with Gasteiger partial charge in [0.2, 0.25) is 0 Å². The summed E-state index contributed by atoms with van der Waals surface area (Å²) in [6, 6.07) is 15.2. The second kappa shape index (κ2) is 10.3. The number of carbonyl (C=O) groups is 1. The van der Waals surface area contributed by atoms with Crippen molar-refractivity contribution in [2.24, 2.45) is 0 Å². The third-order valence-corrected chi connectivity index (χ3v) is 4.46. The van der Waals surface area contributed by atoms with E-state index in [1.165, 1.54) is 0 Å². The van der Waals surface area contributed by atoms with E-state index >= 15 is 0 Å². The van der Waals surface area contributed by atoms with Crippen LogP contribution in [0.25, 0.3) is 16.8 Å². The van der Waals surface area contributed by atoms with Crippen LogP contribution in [0.2, 0.25) is 0 Å². The van der Waals surface area contributed by atoms with Crippen LogP contribution in [0.1, 0.15) is 29.8 Å². The highest BCUT2D eigenvalue weighted by atomic mass is 16.5. The highest BCUT2D eigenvalue weighted by molar-refractivity contribution is 5.89. The number of benzene rings is 2. The van der Waals surface area contributed by atoms with Gasteiger partial charge in [-0.3, -0.25) is 0 Å². The van der Waals surface area contributed by atoms with E-state index in [4.69, 9.17) is 14.2 Å². The van der Waals surface area contributed by atoms with Gasteiger partial charge in [0.05, 0.1) is 24.3 Å². The first-order valence-electron chi connectivity index (χ1n) is 9.80. The molecular formula is C25H25NO4. The summed E-state index contributed by atoms with van der Waals surface area (Å²) in [4.78, 5) is 11.9. The number of methoxy groups -OCH3 is 1. The molecule has 154 valence electrons. The number of carbonyl (C=O) groups excluding carboxylic acids is 1.